The van der Waals surface area contributed by atoms with Gasteiger partial charge in [0.2, 0.25) is 0 Å². The van der Waals surface area contributed by atoms with Crippen LogP contribution < -0.4 is 24.8 Å². The topological polar surface area (TPSA) is 85.9 Å². The van der Waals surface area contributed by atoms with Crippen LogP contribution in [-0.2, 0) is 4.79 Å². The number of carbonyl (C=O) groups excluding carboxylic acids is 2. The molecule has 2 amide bonds. The van der Waals surface area contributed by atoms with Crippen molar-refractivity contribution in [3.8, 4) is 17.2 Å². The van der Waals surface area contributed by atoms with E-state index in [1.807, 2.05) is 13.0 Å². The molecule has 0 fully saturated rings. The number of halogens is 1. The summed E-state index contributed by atoms with van der Waals surface area (Å²) >= 11 is 6.17. The van der Waals surface area contributed by atoms with Crippen LogP contribution in [0.5, 0.6) is 17.2 Å². The zero-order valence-corrected chi connectivity index (χ0v) is 15.8. The van der Waals surface area contributed by atoms with Crippen molar-refractivity contribution in [1.29, 1.82) is 0 Å². The van der Waals surface area contributed by atoms with Gasteiger partial charge in [-0.2, -0.15) is 0 Å². The van der Waals surface area contributed by atoms with Gasteiger partial charge in [-0.05, 0) is 36.8 Å². The lowest BCUT2D eigenvalue weighted by atomic mass is 10.1. The van der Waals surface area contributed by atoms with Crippen molar-refractivity contribution in [3.05, 3.63) is 46.5 Å². The Kier molecular flexibility index (Phi) is 5.41. The highest BCUT2D eigenvalue weighted by atomic mass is 35.5. The second-order valence-corrected chi connectivity index (χ2v) is 6.39. The van der Waals surface area contributed by atoms with Gasteiger partial charge in [0.25, 0.3) is 11.8 Å². The summed E-state index contributed by atoms with van der Waals surface area (Å²) in [6, 6.07) is 8.15. The number of benzene rings is 2. The molecule has 0 bridgehead atoms. The Morgan fingerprint density at radius 1 is 1.26 bits per heavy atom. The molecule has 27 heavy (non-hydrogen) atoms. The van der Waals surface area contributed by atoms with E-state index in [0.29, 0.717) is 28.5 Å². The van der Waals surface area contributed by atoms with Crippen molar-refractivity contribution in [2.75, 3.05) is 26.1 Å². The predicted octanol–water partition coefficient (Wildman–Crippen LogP) is 3.18. The Hall–Kier alpha value is -2.93. The maximum atomic E-state index is 12.6. The molecule has 2 aromatic rings. The number of carbonyl (C=O) groups is 2. The Bertz CT molecular complexity index is 900. The van der Waals surface area contributed by atoms with E-state index in [2.05, 4.69) is 10.6 Å². The molecule has 1 aliphatic heterocycles. The molecule has 7 nitrogen and oxygen atoms in total. The minimum Gasteiger partial charge on any atom is -0.493 e. The lowest BCUT2D eigenvalue weighted by Crippen LogP contribution is -2.28. The van der Waals surface area contributed by atoms with E-state index >= 15 is 0 Å². The van der Waals surface area contributed by atoms with E-state index in [-0.39, 0.29) is 29.5 Å². The smallest absolute Gasteiger partial charge is 0.262 e. The fourth-order valence-electron chi connectivity index (χ4n) is 2.78. The summed E-state index contributed by atoms with van der Waals surface area (Å²) in [7, 11) is 2.95. The highest BCUT2D eigenvalue weighted by Crippen LogP contribution is 2.36. The lowest BCUT2D eigenvalue weighted by molar-refractivity contribution is -0.118. The average Bonchev–Trinajstić information content (AvgIpc) is 2.66. The number of rotatable bonds is 5. The van der Waals surface area contributed by atoms with Crippen molar-refractivity contribution < 1.29 is 23.8 Å². The van der Waals surface area contributed by atoms with E-state index in [9.17, 15) is 9.59 Å². The van der Waals surface area contributed by atoms with Gasteiger partial charge in [-0.25, -0.2) is 0 Å². The van der Waals surface area contributed by atoms with E-state index in [4.69, 9.17) is 25.8 Å². The molecular formula is C19H19ClN2O5. The van der Waals surface area contributed by atoms with Crippen LogP contribution in [0.15, 0.2) is 30.3 Å². The molecule has 8 heteroatoms. The Morgan fingerprint density at radius 3 is 2.74 bits per heavy atom. The van der Waals surface area contributed by atoms with E-state index < -0.39 is 0 Å². The van der Waals surface area contributed by atoms with Crippen molar-refractivity contribution in [2.24, 2.45) is 0 Å². The molecule has 0 saturated carbocycles. The molecule has 1 aliphatic rings. The minimum atomic E-state index is -0.316. The molecule has 0 aromatic heterocycles. The summed E-state index contributed by atoms with van der Waals surface area (Å²) in [4.78, 5) is 24.1. The van der Waals surface area contributed by atoms with Crippen LogP contribution in [0.1, 0.15) is 28.9 Å². The molecule has 0 radical (unpaired) electrons. The van der Waals surface area contributed by atoms with Crippen molar-refractivity contribution in [2.45, 2.75) is 13.0 Å². The van der Waals surface area contributed by atoms with Crippen LogP contribution in [0, 0.1) is 0 Å². The molecule has 0 aliphatic carbocycles. The number of hydrogen-bond acceptors (Lipinski definition) is 5. The third kappa shape index (κ3) is 3.93. The summed E-state index contributed by atoms with van der Waals surface area (Å²) in [5.41, 5.74) is 1.75. The molecule has 2 aromatic carbocycles. The van der Waals surface area contributed by atoms with Crippen LogP contribution in [0.2, 0.25) is 5.02 Å². The standard InChI is InChI=1S/C19H19ClN2O5/c1-10(11-4-5-15-14(7-11)22-17(23)9-27-15)21-19(24)12-6-13(20)18(26-3)16(8-12)25-2/h4-8,10H,9H2,1-3H3,(H,21,24)(H,22,23). The Labute approximate surface area is 161 Å². The summed E-state index contributed by atoms with van der Waals surface area (Å²) in [6.07, 6.45) is 0. The first kappa shape index (κ1) is 18.8. The Balaban J connectivity index is 1.79. The van der Waals surface area contributed by atoms with Crippen LogP contribution in [0.25, 0.3) is 0 Å². The van der Waals surface area contributed by atoms with Gasteiger partial charge in [0.15, 0.2) is 18.1 Å². The SMILES string of the molecule is COc1cc(C(=O)NC(C)c2ccc3c(c2)NC(=O)CO3)cc(Cl)c1OC. The molecule has 1 heterocycles. The maximum Gasteiger partial charge on any atom is 0.262 e. The number of hydrogen-bond donors (Lipinski definition) is 2. The molecule has 1 atom stereocenters. The third-order valence-corrected chi connectivity index (χ3v) is 4.46. The van der Waals surface area contributed by atoms with Gasteiger partial charge >= 0.3 is 0 Å². The third-order valence-electron chi connectivity index (χ3n) is 4.18. The molecule has 3 rings (SSSR count). The Morgan fingerprint density at radius 2 is 2.04 bits per heavy atom. The number of ether oxygens (including phenoxy) is 3. The molecule has 142 valence electrons. The van der Waals surface area contributed by atoms with Crippen molar-refractivity contribution >= 4 is 29.1 Å². The number of nitrogens with one attached hydrogen (secondary N) is 2. The first-order valence-corrected chi connectivity index (χ1v) is 8.59. The fraction of sp³-hybridized carbons (Fsp3) is 0.263. The zero-order chi connectivity index (χ0) is 19.6. The van der Waals surface area contributed by atoms with Gasteiger partial charge in [-0.15, -0.1) is 0 Å². The van der Waals surface area contributed by atoms with E-state index in [0.717, 1.165) is 5.56 Å². The fourth-order valence-corrected chi connectivity index (χ4v) is 3.07. The molecule has 1 unspecified atom stereocenters. The second-order valence-electron chi connectivity index (χ2n) is 5.98. The quantitative estimate of drug-likeness (QED) is 0.818. The van der Waals surface area contributed by atoms with E-state index in [1.54, 1.807) is 18.2 Å². The summed E-state index contributed by atoms with van der Waals surface area (Å²) in [6.45, 7) is 1.84. The van der Waals surface area contributed by atoms with Gasteiger partial charge in [0.05, 0.1) is 31.0 Å². The predicted molar refractivity (Wildman–Crippen MR) is 101 cm³/mol. The van der Waals surface area contributed by atoms with Crippen molar-refractivity contribution in [1.82, 2.24) is 5.32 Å². The highest BCUT2D eigenvalue weighted by molar-refractivity contribution is 6.32. The monoisotopic (exact) mass is 390 g/mol. The summed E-state index contributed by atoms with van der Waals surface area (Å²) < 4.78 is 15.7. The first-order valence-electron chi connectivity index (χ1n) is 8.22. The second kappa shape index (κ2) is 7.75. The number of amides is 2. The summed E-state index contributed by atoms with van der Waals surface area (Å²) in [5.74, 6) is 0.814. The van der Waals surface area contributed by atoms with Crippen LogP contribution >= 0.6 is 11.6 Å². The number of methoxy groups -OCH3 is 2. The zero-order valence-electron chi connectivity index (χ0n) is 15.1. The maximum absolute atomic E-state index is 12.6. The lowest BCUT2D eigenvalue weighted by Gasteiger charge is -2.21. The van der Waals surface area contributed by atoms with Gasteiger partial charge < -0.3 is 24.8 Å². The highest BCUT2D eigenvalue weighted by Gasteiger charge is 2.20. The number of fused-ring (bicyclic) bond motifs is 1. The largest absolute Gasteiger partial charge is 0.493 e. The van der Waals surface area contributed by atoms with Crippen molar-refractivity contribution in [3.63, 3.8) is 0 Å². The molecule has 0 spiro atoms. The molecule has 0 saturated heterocycles. The van der Waals surface area contributed by atoms with Gasteiger partial charge in [-0.3, -0.25) is 9.59 Å². The van der Waals surface area contributed by atoms with Crippen LogP contribution in [0.3, 0.4) is 0 Å². The van der Waals surface area contributed by atoms with Gasteiger partial charge in [0, 0.05) is 5.56 Å². The molecular weight excluding hydrogens is 372 g/mol. The van der Waals surface area contributed by atoms with Gasteiger partial charge in [-0.1, -0.05) is 17.7 Å². The minimum absolute atomic E-state index is 0.00129. The average molecular weight is 391 g/mol. The molecule has 2 N–H and O–H groups in total. The number of anilines is 1. The first-order chi connectivity index (χ1) is 12.9. The van der Waals surface area contributed by atoms with Crippen LogP contribution in [0.4, 0.5) is 5.69 Å². The normalized spacial score (nSPS) is 13.7. The van der Waals surface area contributed by atoms with E-state index in [1.165, 1.54) is 20.3 Å². The summed E-state index contributed by atoms with van der Waals surface area (Å²) in [5, 5.41) is 5.93. The van der Waals surface area contributed by atoms with Crippen LogP contribution in [-0.4, -0.2) is 32.6 Å². The van der Waals surface area contributed by atoms with Gasteiger partial charge in [0.1, 0.15) is 5.75 Å².